The molecule has 0 aliphatic rings. The van der Waals surface area contributed by atoms with E-state index in [9.17, 15) is 4.21 Å². The predicted molar refractivity (Wildman–Crippen MR) is 118 cm³/mol. The van der Waals surface area contributed by atoms with Gasteiger partial charge in [0.15, 0.2) is 0 Å². The maximum Gasteiger partial charge on any atom is 0.503 e. The van der Waals surface area contributed by atoms with Crippen LogP contribution in [0, 0.1) is 0 Å². The SMILES string of the molecule is CCC(CCCS(=O)CCCC(CC)[Si](OC)(OC)OC)[Si](OC)(OC)OC. The van der Waals surface area contributed by atoms with E-state index in [2.05, 4.69) is 13.8 Å². The third kappa shape index (κ3) is 7.88. The highest BCUT2D eigenvalue weighted by molar-refractivity contribution is 7.84. The van der Waals surface area contributed by atoms with Crippen LogP contribution in [0.15, 0.2) is 0 Å². The van der Waals surface area contributed by atoms with E-state index in [1.54, 1.807) is 42.7 Å². The van der Waals surface area contributed by atoms with Gasteiger partial charge in [-0.25, -0.2) is 0 Å². The zero-order chi connectivity index (χ0) is 21.6. The van der Waals surface area contributed by atoms with Crippen molar-refractivity contribution in [2.45, 2.75) is 63.5 Å². The van der Waals surface area contributed by atoms with Crippen LogP contribution in [-0.4, -0.2) is 76.0 Å². The Morgan fingerprint density at radius 1 is 0.643 bits per heavy atom. The van der Waals surface area contributed by atoms with Crippen molar-refractivity contribution in [1.29, 1.82) is 0 Å². The first kappa shape index (κ1) is 28.3. The molecule has 0 aromatic carbocycles. The standard InChI is InChI=1S/C18H42O7SSi2/c1-9-17(27(20-3,21-4)22-5)13-11-15-26(19)16-12-14-18(10-2)28(23-6,24-7)25-8/h17-18H,9-16H2,1-8H3. The van der Waals surface area contributed by atoms with Crippen LogP contribution in [0.3, 0.4) is 0 Å². The molecule has 0 saturated heterocycles. The van der Waals surface area contributed by atoms with Gasteiger partial charge in [0.25, 0.3) is 0 Å². The molecule has 0 N–H and O–H groups in total. The molecule has 7 nitrogen and oxygen atoms in total. The van der Waals surface area contributed by atoms with Crippen LogP contribution in [0.25, 0.3) is 0 Å². The Hall–Kier alpha value is 0.344. The summed E-state index contributed by atoms with van der Waals surface area (Å²) in [4.78, 5) is 0. The summed E-state index contributed by atoms with van der Waals surface area (Å²) >= 11 is 0. The Kier molecular flexibility index (Phi) is 15.4. The molecule has 28 heavy (non-hydrogen) atoms. The van der Waals surface area contributed by atoms with Crippen molar-refractivity contribution in [3.63, 3.8) is 0 Å². The Morgan fingerprint density at radius 2 is 0.929 bits per heavy atom. The molecule has 0 amide bonds. The van der Waals surface area contributed by atoms with Crippen LogP contribution in [-0.2, 0) is 37.4 Å². The third-order valence-corrected chi connectivity index (χ3v) is 13.8. The monoisotopic (exact) mass is 458 g/mol. The molecule has 0 aromatic heterocycles. The van der Waals surface area contributed by atoms with Gasteiger partial charge in [-0.3, -0.25) is 4.21 Å². The second-order valence-electron chi connectivity index (χ2n) is 6.77. The molecule has 0 aliphatic carbocycles. The molecule has 0 aliphatic heterocycles. The summed E-state index contributed by atoms with van der Waals surface area (Å²) < 4.78 is 46.1. The lowest BCUT2D eigenvalue weighted by Crippen LogP contribution is -2.47. The smallest absolute Gasteiger partial charge is 0.377 e. The number of hydrogen-bond acceptors (Lipinski definition) is 7. The second kappa shape index (κ2) is 15.2. The van der Waals surface area contributed by atoms with Gasteiger partial charge in [0.05, 0.1) is 0 Å². The zero-order valence-electron chi connectivity index (χ0n) is 19.1. The van der Waals surface area contributed by atoms with E-state index in [1.807, 2.05) is 0 Å². The Balaban J connectivity index is 4.46. The molecule has 10 heteroatoms. The normalized spacial score (nSPS) is 16.1. The Bertz CT molecular complexity index is 368. The molecule has 170 valence electrons. The molecule has 0 aromatic rings. The maximum atomic E-state index is 12.4. The van der Waals surface area contributed by atoms with Crippen molar-refractivity contribution < 1.29 is 30.8 Å². The summed E-state index contributed by atoms with van der Waals surface area (Å²) in [5.41, 5.74) is 0.455. The zero-order valence-corrected chi connectivity index (χ0v) is 21.9. The van der Waals surface area contributed by atoms with E-state index < -0.39 is 28.4 Å². The average Bonchev–Trinajstić information content (AvgIpc) is 2.73. The van der Waals surface area contributed by atoms with Gasteiger partial charge in [0, 0.05) is 76.0 Å². The predicted octanol–water partition coefficient (Wildman–Crippen LogP) is 3.61. The Labute approximate surface area is 177 Å². The summed E-state index contributed by atoms with van der Waals surface area (Å²) in [5.74, 6) is 1.38. The highest BCUT2D eigenvalue weighted by Crippen LogP contribution is 2.33. The van der Waals surface area contributed by atoms with Gasteiger partial charge in [-0.05, 0) is 38.5 Å². The molecule has 2 unspecified atom stereocenters. The summed E-state index contributed by atoms with van der Waals surface area (Å²) in [7, 11) is 3.77. The van der Waals surface area contributed by atoms with Gasteiger partial charge in [-0.15, -0.1) is 0 Å². The van der Waals surface area contributed by atoms with Crippen molar-refractivity contribution >= 4 is 28.4 Å². The van der Waals surface area contributed by atoms with Crippen LogP contribution in [0.4, 0.5) is 0 Å². The lowest BCUT2D eigenvalue weighted by atomic mass is 10.2. The fourth-order valence-corrected chi connectivity index (χ4v) is 10.1. The first-order valence-electron chi connectivity index (χ1n) is 10.0. The molecule has 0 bridgehead atoms. The molecule has 0 fully saturated rings. The largest absolute Gasteiger partial charge is 0.503 e. The summed E-state index contributed by atoms with van der Waals surface area (Å²) in [6.07, 6.45) is 5.39. The first-order valence-corrected chi connectivity index (χ1v) is 15.1. The van der Waals surface area contributed by atoms with Crippen LogP contribution < -0.4 is 0 Å². The number of rotatable bonds is 18. The minimum absolute atomic E-state index is 0.227. The molecule has 0 radical (unpaired) electrons. The average molecular weight is 459 g/mol. The molecule has 0 spiro atoms. The van der Waals surface area contributed by atoms with Crippen molar-refractivity contribution in [3.8, 4) is 0 Å². The molecular formula is C18H42O7SSi2. The number of hydrogen-bond donors (Lipinski definition) is 0. The van der Waals surface area contributed by atoms with Gasteiger partial charge < -0.3 is 26.6 Å². The van der Waals surface area contributed by atoms with Crippen LogP contribution in [0.1, 0.15) is 52.4 Å². The van der Waals surface area contributed by atoms with E-state index in [-0.39, 0.29) is 11.1 Å². The molecule has 0 rings (SSSR count). The fraction of sp³-hybridized carbons (Fsp3) is 1.00. The summed E-state index contributed by atoms with van der Waals surface area (Å²) in [6.45, 7) is 4.23. The highest BCUT2D eigenvalue weighted by atomic mass is 32.2. The van der Waals surface area contributed by atoms with Gasteiger partial charge >= 0.3 is 17.6 Å². The molecule has 0 heterocycles. The van der Waals surface area contributed by atoms with E-state index in [4.69, 9.17) is 26.6 Å². The van der Waals surface area contributed by atoms with Crippen LogP contribution in [0.2, 0.25) is 11.1 Å². The van der Waals surface area contributed by atoms with Crippen molar-refractivity contribution in [2.24, 2.45) is 0 Å². The first-order chi connectivity index (χ1) is 13.4. The minimum Gasteiger partial charge on any atom is -0.377 e. The van der Waals surface area contributed by atoms with Crippen molar-refractivity contribution in [2.75, 3.05) is 54.2 Å². The Morgan fingerprint density at radius 3 is 1.14 bits per heavy atom. The summed E-state index contributed by atoms with van der Waals surface area (Å²) in [6, 6.07) is 0. The van der Waals surface area contributed by atoms with E-state index in [0.717, 1.165) is 38.5 Å². The topological polar surface area (TPSA) is 72.5 Å². The fourth-order valence-electron chi connectivity index (χ4n) is 3.85. The van der Waals surface area contributed by atoms with E-state index in [1.165, 1.54) is 0 Å². The minimum atomic E-state index is -2.63. The molecule has 0 saturated carbocycles. The van der Waals surface area contributed by atoms with Gasteiger partial charge in [0.1, 0.15) is 0 Å². The van der Waals surface area contributed by atoms with E-state index in [0.29, 0.717) is 11.5 Å². The molecule has 2 atom stereocenters. The highest BCUT2D eigenvalue weighted by Gasteiger charge is 2.46. The van der Waals surface area contributed by atoms with E-state index >= 15 is 0 Å². The third-order valence-electron chi connectivity index (χ3n) is 5.54. The molecular weight excluding hydrogens is 416 g/mol. The van der Waals surface area contributed by atoms with Gasteiger partial charge in [0.2, 0.25) is 0 Å². The van der Waals surface area contributed by atoms with Crippen LogP contribution in [0.5, 0.6) is 0 Å². The van der Waals surface area contributed by atoms with Crippen molar-refractivity contribution in [3.05, 3.63) is 0 Å². The van der Waals surface area contributed by atoms with Gasteiger partial charge in [-0.1, -0.05) is 13.8 Å². The van der Waals surface area contributed by atoms with Crippen molar-refractivity contribution in [1.82, 2.24) is 0 Å². The quantitative estimate of drug-likeness (QED) is 0.290. The van der Waals surface area contributed by atoms with Crippen LogP contribution >= 0.6 is 0 Å². The second-order valence-corrected chi connectivity index (χ2v) is 15.0. The van der Waals surface area contributed by atoms with Gasteiger partial charge in [-0.2, -0.15) is 0 Å². The lowest BCUT2D eigenvalue weighted by Gasteiger charge is -2.32. The summed E-state index contributed by atoms with van der Waals surface area (Å²) in [5, 5.41) is 0. The maximum absolute atomic E-state index is 12.4. The lowest BCUT2D eigenvalue weighted by molar-refractivity contribution is 0.108.